The standard InChI is InChI=1S/C20H22FN3O2S/c1-10(11(2)22)16-17(13-5-6-13)18(27-19(16)23)20(25)24-9-12-4-7-15(26-3)14(21)8-12/h4,7-8,13,22-23H,5-6,9H2,1-3H3,(H,24,25)/b16-10-,22-11?,23-19?. The van der Waals surface area contributed by atoms with Crippen LogP contribution in [0.3, 0.4) is 0 Å². The number of carbonyl (C=O) groups is 1. The summed E-state index contributed by atoms with van der Waals surface area (Å²) in [6.45, 7) is 3.72. The van der Waals surface area contributed by atoms with Gasteiger partial charge in [0.25, 0.3) is 5.91 Å². The van der Waals surface area contributed by atoms with Gasteiger partial charge in [0.05, 0.1) is 17.1 Å². The second-order valence-corrected chi connectivity index (χ2v) is 7.75. The van der Waals surface area contributed by atoms with E-state index in [4.69, 9.17) is 15.6 Å². The molecule has 1 aliphatic carbocycles. The predicted molar refractivity (Wildman–Crippen MR) is 106 cm³/mol. The lowest BCUT2D eigenvalue weighted by molar-refractivity contribution is -0.117. The Kier molecular flexibility index (Phi) is 5.51. The molecular formula is C20H22FN3O2S. The summed E-state index contributed by atoms with van der Waals surface area (Å²) in [6.07, 6.45) is 1.99. The first-order chi connectivity index (χ1) is 12.8. The second-order valence-electron chi connectivity index (χ2n) is 6.72. The molecule has 1 aliphatic heterocycles. The van der Waals surface area contributed by atoms with Crippen molar-refractivity contribution in [1.82, 2.24) is 5.32 Å². The first kappa shape index (κ1) is 19.4. The summed E-state index contributed by atoms with van der Waals surface area (Å²) in [7, 11) is 1.40. The Balaban J connectivity index is 1.82. The van der Waals surface area contributed by atoms with E-state index in [1.165, 1.54) is 19.2 Å². The zero-order chi connectivity index (χ0) is 19.7. The van der Waals surface area contributed by atoms with Crippen LogP contribution in [0.5, 0.6) is 5.75 Å². The maximum atomic E-state index is 13.8. The van der Waals surface area contributed by atoms with E-state index in [2.05, 4.69) is 5.32 Å². The molecule has 0 spiro atoms. The van der Waals surface area contributed by atoms with Crippen molar-refractivity contribution < 1.29 is 13.9 Å². The van der Waals surface area contributed by atoms with Crippen molar-refractivity contribution in [1.29, 1.82) is 10.8 Å². The first-order valence-corrected chi connectivity index (χ1v) is 9.53. The number of allylic oxidation sites excluding steroid dienone is 2. The number of methoxy groups -OCH3 is 1. The van der Waals surface area contributed by atoms with Crippen molar-refractivity contribution in [2.24, 2.45) is 5.92 Å². The lowest BCUT2D eigenvalue weighted by Gasteiger charge is -2.10. The van der Waals surface area contributed by atoms with E-state index in [0.717, 1.165) is 41.3 Å². The molecule has 0 aromatic heterocycles. The van der Waals surface area contributed by atoms with Crippen molar-refractivity contribution in [2.75, 3.05) is 7.11 Å². The molecule has 27 heavy (non-hydrogen) atoms. The highest BCUT2D eigenvalue weighted by atomic mass is 32.2. The number of hydrogen-bond acceptors (Lipinski definition) is 5. The smallest absolute Gasteiger partial charge is 0.258 e. The predicted octanol–water partition coefficient (Wildman–Crippen LogP) is 4.19. The summed E-state index contributed by atoms with van der Waals surface area (Å²) >= 11 is 1.15. The molecule has 1 aromatic rings. The summed E-state index contributed by atoms with van der Waals surface area (Å²) in [5, 5.41) is 19.3. The van der Waals surface area contributed by atoms with Crippen LogP contribution < -0.4 is 10.1 Å². The van der Waals surface area contributed by atoms with Gasteiger partial charge in [0.1, 0.15) is 0 Å². The van der Waals surface area contributed by atoms with Crippen LogP contribution in [-0.2, 0) is 11.3 Å². The van der Waals surface area contributed by atoms with Crippen molar-refractivity contribution in [2.45, 2.75) is 33.2 Å². The van der Waals surface area contributed by atoms with E-state index >= 15 is 0 Å². The molecule has 142 valence electrons. The molecule has 1 aromatic carbocycles. The largest absolute Gasteiger partial charge is 0.494 e. The molecule has 2 aliphatic rings. The number of halogens is 1. The Bertz CT molecular complexity index is 900. The Hall–Kier alpha value is -2.41. The van der Waals surface area contributed by atoms with Crippen molar-refractivity contribution >= 4 is 28.4 Å². The van der Waals surface area contributed by atoms with Crippen LogP contribution in [-0.4, -0.2) is 23.8 Å². The normalized spacial score (nSPS) is 18.6. The molecule has 0 saturated heterocycles. The number of benzene rings is 1. The maximum Gasteiger partial charge on any atom is 0.258 e. The summed E-state index contributed by atoms with van der Waals surface area (Å²) in [5.41, 5.74) is 3.41. The topological polar surface area (TPSA) is 86.0 Å². The third-order valence-electron chi connectivity index (χ3n) is 4.74. The van der Waals surface area contributed by atoms with Gasteiger partial charge in [0.2, 0.25) is 0 Å². The van der Waals surface area contributed by atoms with Gasteiger partial charge >= 0.3 is 0 Å². The fourth-order valence-electron chi connectivity index (χ4n) is 3.02. The Morgan fingerprint density at radius 3 is 2.63 bits per heavy atom. The monoisotopic (exact) mass is 387 g/mol. The lowest BCUT2D eigenvalue weighted by atomic mass is 9.95. The van der Waals surface area contributed by atoms with E-state index in [1.807, 2.05) is 6.92 Å². The summed E-state index contributed by atoms with van der Waals surface area (Å²) < 4.78 is 18.7. The van der Waals surface area contributed by atoms with E-state index in [0.29, 0.717) is 21.2 Å². The van der Waals surface area contributed by atoms with Gasteiger partial charge in [-0.1, -0.05) is 17.8 Å². The fraction of sp³-hybridized carbons (Fsp3) is 0.350. The fourth-order valence-corrected chi connectivity index (χ4v) is 4.13. The van der Waals surface area contributed by atoms with Crippen LogP contribution in [0.1, 0.15) is 32.3 Å². The number of thioether (sulfide) groups is 1. The quantitative estimate of drug-likeness (QED) is 0.640. The molecule has 1 saturated carbocycles. The van der Waals surface area contributed by atoms with Crippen molar-refractivity contribution in [3.63, 3.8) is 0 Å². The summed E-state index contributed by atoms with van der Waals surface area (Å²) in [6, 6.07) is 4.58. The van der Waals surface area contributed by atoms with Gasteiger partial charge in [-0.3, -0.25) is 10.2 Å². The first-order valence-electron chi connectivity index (χ1n) is 8.71. The molecule has 1 fully saturated rings. The summed E-state index contributed by atoms with van der Waals surface area (Å²) in [5.74, 6) is -0.283. The molecule has 5 nitrogen and oxygen atoms in total. The molecule has 1 heterocycles. The molecule has 3 rings (SSSR count). The number of rotatable bonds is 6. The van der Waals surface area contributed by atoms with Crippen LogP contribution in [0.2, 0.25) is 0 Å². The van der Waals surface area contributed by atoms with Crippen molar-refractivity contribution in [3.8, 4) is 5.75 Å². The highest BCUT2D eigenvalue weighted by molar-refractivity contribution is 8.18. The number of hydrogen-bond donors (Lipinski definition) is 3. The second kappa shape index (κ2) is 7.68. The highest BCUT2D eigenvalue weighted by Crippen LogP contribution is 2.50. The van der Waals surface area contributed by atoms with Crippen LogP contribution in [0.4, 0.5) is 4.39 Å². The van der Waals surface area contributed by atoms with Gasteiger partial charge in [-0.05, 0) is 61.4 Å². The van der Waals surface area contributed by atoms with E-state index in [-0.39, 0.29) is 24.1 Å². The van der Waals surface area contributed by atoms with E-state index in [1.54, 1.807) is 13.0 Å². The molecule has 0 unspecified atom stereocenters. The van der Waals surface area contributed by atoms with E-state index < -0.39 is 5.82 Å². The molecule has 0 bridgehead atoms. The molecule has 3 N–H and O–H groups in total. The highest BCUT2D eigenvalue weighted by Gasteiger charge is 2.40. The third kappa shape index (κ3) is 3.98. The van der Waals surface area contributed by atoms with Gasteiger partial charge < -0.3 is 15.5 Å². The molecule has 1 amide bonds. The SMILES string of the molecule is COc1ccc(CNC(=O)C2=C(C3CC3)/C(=C(\C)C(C)=N)C(=N)S2)cc1F. The van der Waals surface area contributed by atoms with Crippen LogP contribution >= 0.6 is 11.8 Å². The summed E-state index contributed by atoms with van der Waals surface area (Å²) in [4.78, 5) is 13.3. The number of nitrogens with one attached hydrogen (secondary N) is 3. The lowest BCUT2D eigenvalue weighted by Crippen LogP contribution is -2.24. The average molecular weight is 387 g/mol. The number of ether oxygens (including phenoxy) is 1. The minimum absolute atomic E-state index is 0.163. The third-order valence-corrected chi connectivity index (χ3v) is 5.76. The van der Waals surface area contributed by atoms with Gasteiger partial charge in [0, 0.05) is 17.8 Å². The van der Waals surface area contributed by atoms with Gasteiger partial charge in [-0.25, -0.2) is 4.39 Å². The van der Waals surface area contributed by atoms with Gasteiger partial charge in [0.15, 0.2) is 11.6 Å². The molecule has 0 atom stereocenters. The van der Waals surface area contributed by atoms with Crippen LogP contribution in [0.25, 0.3) is 0 Å². The van der Waals surface area contributed by atoms with Gasteiger partial charge in [-0.15, -0.1) is 0 Å². The minimum atomic E-state index is -0.471. The molecular weight excluding hydrogens is 365 g/mol. The van der Waals surface area contributed by atoms with Crippen LogP contribution in [0.15, 0.2) is 39.8 Å². The molecule has 7 heteroatoms. The Morgan fingerprint density at radius 2 is 2.07 bits per heavy atom. The Labute approximate surface area is 162 Å². The number of carbonyl (C=O) groups excluding carboxylic acids is 1. The minimum Gasteiger partial charge on any atom is -0.494 e. The Morgan fingerprint density at radius 1 is 1.37 bits per heavy atom. The zero-order valence-corrected chi connectivity index (χ0v) is 16.3. The molecule has 0 radical (unpaired) electrons. The van der Waals surface area contributed by atoms with Crippen LogP contribution in [0, 0.1) is 22.6 Å². The average Bonchev–Trinajstić information content (AvgIpc) is 3.41. The zero-order valence-electron chi connectivity index (χ0n) is 15.5. The van der Waals surface area contributed by atoms with Gasteiger partial charge in [-0.2, -0.15) is 0 Å². The maximum absolute atomic E-state index is 13.8. The van der Waals surface area contributed by atoms with Crippen molar-refractivity contribution in [3.05, 3.63) is 51.2 Å². The van der Waals surface area contributed by atoms with E-state index in [9.17, 15) is 9.18 Å². The number of amides is 1.